The molecule has 2 fully saturated rings. The molecule has 2 heterocycles. The van der Waals surface area contributed by atoms with Crippen LogP contribution >= 0.6 is 36.9 Å². The molecule has 0 saturated carbocycles. The highest BCUT2D eigenvalue weighted by molar-refractivity contribution is 7.80. The van der Waals surface area contributed by atoms with Crippen molar-refractivity contribution in [2.75, 3.05) is 38.2 Å². The second-order valence-corrected chi connectivity index (χ2v) is 9.42. The van der Waals surface area contributed by atoms with Gasteiger partial charge in [0.2, 0.25) is 0 Å². The molecular formula is C21H34ClN3S2. The molecule has 6 heteroatoms. The Morgan fingerprint density at radius 3 is 2.63 bits per heavy atom. The van der Waals surface area contributed by atoms with Gasteiger partial charge in [-0.1, -0.05) is 23.7 Å². The molecule has 2 aliphatic rings. The summed E-state index contributed by atoms with van der Waals surface area (Å²) in [5.74, 6) is 2.99. The van der Waals surface area contributed by atoms with Crippen LogP contribution in [0.5, 0.6) is 0 Å². The molecule has 0 radical (unpaired) electrons. The number of nitrogens with one attached hydrogen (secondary N) is 1. The number of nitrogens with zero attached hydrogens (tertiary/aromatic N) is 2. The Kier molecular flexibility index (Phi) is 8.25. The fourth-order valence-corrected chi connectivity index (χ4v) is 5.68. The molecule has 0 amide bonds. The molecule has 27 heavy (non-hydrogen) atoms. The van der Waals surface area contributed by atoms with E-state index in [1.807, 2.05) is 0 Å². The standard InChI is InChI=1S/C21H34ClN3S2/c1-15(23-9-11-26)25(10-12-27)14-20-19(16-3-5-17(22)6-4-16)13-18-7-8-21(20)24(18)2/h3-6,15,18-21,23,26-27H,7-14H2,1-2H3. The number of fused-ring (bicyclic) bond motifs is 2. The first-order chi connectivity index (χ1) is 13.0. The summed E-state index contributed by atoms with van der Waals surface area (Å²) in [4.78, 5) is 5.23. The van der Waals surface area contributed by atoms with E-state index in [2.05, 4.69) is 78.6 Å². The Hall–Kier alpha value is 0.0900. The fraction of sp³-hybridized carbons (Fsp3) is 0.714. The molecular weight excluding hydrogens is 394 g/mol. The summed E-state index contributed by atoms with van der Waals surface area (Å²) in [6.07, 6.45) is 4.26. The van der Waals surface area contributed by atoms with Gasteiger partial charge in [-0.25, -0.2) is 0 Å². The number of hydrogen-bond donors (Lipinski definition) is 3. The first-order valence-electron chi connectivity index (χ1n) is 10.2. The highest BCUT2D eigenvalue weighted by Gasteiger charge is 2.46. The molecule has 0 aliphatic carbocycles. The Balaban J connectivity index is 1.81. The lowest BCUT2D eigenvalue weighted by Crippen LogP contribution is -2.53. The molecule has 2 bridgehead atoms. The van der Waals surface area contributed by atoms with Crippen LogP contribution in [0, 0.1) is 5.92 Å². The minimum atomic E-state index is 0.347. The normalized spacial score (nSPS) is 29.4. The maximum absolute atomic E-state index is 6.16. The van der Waals surface area contributed by atoms with Crippen molar-refractivity contribution in [2.45, 2.75) is 50.4 Å². The van der Waals surface area contributed by atoms with E-state index in [1.165, 1.54) is 24.8 Å². The van der Waals surface area contributed by atoms with Crippen LogP contribution < -0.4 is 5.32 Å². The quantitative estimate of drug-likeness (QED) is 0.409. The van der Waals surface area contributed by atoms with Crippen LogP contribution in [0.3, 0.4) is 0 Å². The van der Waals surface area contributed by atoms with Crippen molar-refractivity contribution in [3.8, 4) is 0 Å². The summed E-state index contributed by atoms with van der Waals surface area (Å²) in [6, 6.07) is 9.99. The van der Waals surface area contributed by atoms with E-state index in [0.717, 1.165) is 42.2 Å². The topological polar surface area (TPSA) is 18.5 Å². The van der Waals surface area contributed by atoms with Crippen molar-refractivity contribution in [2.24, 2.45) is 5.92 Å². The zero-order valence-electron chi connectivity index (χ0n) is 16.5. The van der Waals surface area contributed by atoms with Crippen LogP contribution in [0.15, 0.2) is 24.3 Å². The monoisotopic (exact) mass is 427 g/mol. The van der Waals surface area contributed by atoms with Gasteiger partial charge in [0.1, 0.15) is 0 Å². The van der Waals surface area contributed by atoms with Gasteiger partial charge in [0, 0.05) is 48.2 Å². The molecule has 0 spiro atoms. The number of halogens is 1. The van der Waals surface area contributed by atoms with Crippen LogP contribution in [0.1, 0.15) is 37.7 Å². The van der Waals surface area contributed by atoms with E-state index in [-0.39, 0.29) is 0 Å². The van der Waals surface area contributed by atoms with Crippen molar-refractivity contribution in [3.05, 3.63) is 34.9 Å². The Bertz CT molecular complexity index is 585. The van der Waals surface area contributed by atoms with E-state index in [9.17, 15) is 0 Å². The third-order valence-electron chi connectivity index (χ3n) is 6.66. The summed E-state index contributed by atoms with van der Waals surface area (Å²) in [5, 5.41) is 4.43. The molecule has 2 saturated heterocycles. The number of thiol groups is 2. The maximum atomic E-state index is 6.16. The van der Waals surface area contributed by atoms with Crippen molar-refractivity contribution < 1.29 is 0 Å². The van der Waals surface area contributed by atoms with Gasteiger partial charge in [-0.2, -0.15) is 25.3 Å². The van der Waals surface area contributed by atoms with Crippen LogP contribution in [0.4, 0.5) is 0 Å². The zero-order valence-corrected chi connectivity index (χ0v) is 19.1. The van der Waals surface area contributed by atoms with Gasteiger partial charge in [0.05, 0.1) is 6.17 Å². The van der Waals surface area contributed by atoms with Crippen LogP contribution in [0.25, 0.3) is 0 Å². The molecule has 3 rings (SSSR count). The Morgan fingerprint density at radius 1 is 1.22 bits per heavy atom. The van der Waals surface area contributed by atoms with Crippen LogP contribution in [-0.2, 0) is 0 Å². The van der Waals surface area contributed by atoms with E-state index in [1.54, 1.807) is 0 Å². The smallest absolute Gasteiger partial charge is 0.0568 e. The van der Waals surface area contributed by atoms with Gasteiger partial charge < -0.3 is 10.2 Å². The molecule has 2 aliphatic heterocycles. The fourth-order valence-electron chi connectivity index (χ4n) is 5.16. The molecule has 152 valence electrons. The Labute approximate surface area is 181 Å². The number of rotatable bonds is 9. The van der Waals surface area contributed by atoms with E-state index < -0.39 is 0 Å². The summed E-state index contributed by atoms with van der Waals surface area (Å²) in [5.41, 5.74) is 1.45. The number of benzene rings is 1. The van der Waals surface area contributed by atoms with Crippen molar-refractivity contribution in [1.29, 1.82) is 0 Å². The number of piperidine rings is 1. The highest BCUT2D eigenvalue weighted by atomic mass is 35.5. The first-order valence-corrected chi connectivity index (χ1v) is 11.9. The largest absolute Gasteiger partial charge is 0.301 e. The second-order valence-electron chi connectivity index (χ2n) is 8.09. The summed E-state index contributed by atoms with van der Waals surface area (Å²) in [7, 11) is 2.33. The lowest BCUT2D eigenvalue weighted by molar-refractivity contribution is 0.0570. The minimum absolute atomic E-state index is 0.347. The van der Waals surface area contributed by atoms with Gasteiger partial charge in [-0.15, -0.1) is 0 Å². The van der Waals surface area contributed by atoms with Gasteiger partial charge in [0.15, 0.2) is 0 Å². The second kappa shape index (κ2) is 10.2. The average molecular weight is 428 g/mol. The van der Waals surface area contributed by atoms with Crippen molar-refractivity contribution in [3.63, 3.8) is 0 Å². The SMILES string of the molecule is CC(NCCS)N(CCS)CC1C(c2ccc(Cl)cc2)CC2CCC1N2C. The average Bonchev–Trinajstić information content (AvgIpc) is 2.91. The van der Waals surface area contributed by atoms with Gasteiger partial charge in [-0.3, -0.25) is 4.90 Å². The summed E-state index contributed by atoms with van der Waals surface area (Å²) >= 11 is 15.0. The lowest BCUT2D eigenvalue weighted by atomic mass is 9.76. The van der Waals surface area contributed by atoms with Crippen LogP contribution in [0.2, 0.25) is 5.02 Å². The van der Waals surface area contributed by atoms with E-state index in [4.69, 9.17) is 11.6 Å². The van der Waals surface area contributed by atoms with E-state index >= 15 is 0 Å². The third-order valence-corrected chi connectivity index (χ3v) is 7.34. The molecule has 1 aromatic carbocycles. The van der Waals surface area contributed by atoms with Gasteiger partial charge >= 0.3 is 0 Å². The number of hydrogen-bond acceptors (Lipinski definition) is 5. The van der Waals surface area contributed by atoms with Gasteiger partial charge in [-0.05, 0) is 62.8 Å². The van der Waals surface area contributed by atoms with Gasteiger partial charge in [0.25, 0.3) is 0 Å². The summed E-state index contributed by atoms with van der Waals surface area (Å²) < 4.78 is 0. The first kappa shape index (κ1) is 21.8. The minimum Gasteiger partial charge on any atom is -0.301 e. The van der Waals surface area contributed by atoms with Crippen molar-refractivity contribution >= 4 is 36.9 Å². The van der Waals surface area contributed by atoms with E-state index in [0.29, 0.717) is 24.0 Å². The third kappa shape index (κ3) is 5.18. The Morgan fingerprint density at radius 2 is 1.96 bits per heavy atom. The highest BCUT2D eigenvalue weighted by Crippen LogP contribution is 2.46. The zero-order chi connectivity index (χ0) is 19.4. The van der Waals surface area contributed by atoms with Crippen LogP contribution in [-0.4, -0.2) is 66.2 Å². The molecule has 5 atom stereocenters. The predicted octanol–water partition coefficient (Wildman–Crippen LogP) is 4.00. The lowest BCUT2D eigenvalue weighted by Gasteiger charge is -2.46. The molecule has 0 aromatic heterocycles. The molecule has 1 aromatic rings. The van der Waals surface area contributed by atoms with Crippen molar-refractivity contribution in [1.82, 2.24) is 15.1 Å². The molecule has 3 nitrogen and oxygen atoms in total. The summed E-state index contributed by atoms with van der Waals surface area (Å²) in [6.45, 7) is 5.32. The molecule has 1 N–H and O–H groups in total. The molecule has 5 unspecified atom stereocenters. The maximum Gasteiger partial charge on any atom is 0.0568 e. The predicted molar refractivity (Wildman–Crippen MR) is 124 cm³/mol.